The van der Waals surface area contributed by atoms with Gasteiger partial charge < -0.3 is 16.2 Å². The molecule has 5 rings (SSSR count). The maximum Gasteiger partial charge on any atom is 0.433 e. The van der Waals surface area contributed by atoms with Crippen LogP contribution in [-0.4, -0.2) is 42.1 Å². The zero-order valence-electron chi connectivity index (χ0n) is 22.0. The van der Waals surface area contributed by atoms with Gasteiger partial charge in [0.15, 0.2) is 0 Å². The van der Waals surface area contributed by atoms with Crippen molar-refractivity contribution >= 4 is 23.0 Å². The summed E-state index contributed by atoms with van der Waals surface area (Å²) in [5, 5.41) is 0.533. The molecule has 2 aromatic carbocycles. The fourth-order valence-electron chi connectivity index (χ4n) is 4.22. The van der Waals surface area contributed by atoms with Crippen LogP contribution in [0.15, 0.2) is 60.7 Å². The van der Waals surface area contributed by atoms with Crippen LogP contribution in [0.3, 0.4) is 0 Å². The van der Waals surface area contributed by atoms with Crippen LogP contribution in [0.25, 0.3) is 10.9 Å². The Morgan fingerprint density at radius 2 is 1.55 bits per heavy atom. The SMILES string of the molecule is C1CCCCC1.CC1COCCN1Cc1ccccc1.NC=O.Nc1cc(C(F)(F)F)nc2ccccc12. The van der Waals surface area contributed by atoms with Gasteiger partial charge in [0.25, 0.3) is 0 Å². The van der Waals surface area contributed by atoms with Gasteiger partial charge in [0.1, 0.15) is 5.69 Å². The number of alkyl halides is 3. The maximum atomic E-state index is 12.4. The Morgan fingerprint density at radius 1 is 1.00 bits per heavy atom. The van der Waals surface area contributed by atoms with Gasteiger partial charge in [0, 0.05) is 30.2 Å². The third-order valence-electron chi connectivity index (χ3n) is 6.27. The number of halogens is 3. The third-order valence-corrected chi connectivity index (χ3v) is 6.27. The number of benzene rings is 2. The molecule has 4 N–H and O–H groups in total. The topological polar surface area (TPSA) is 94.5 Å². The number of hydrogen-bond donors (Lipinski definition) is 2. The minimum Gasteiger partial charge on any atom is -0.398 e. The Balaban J connectivity index is 0.000000203. The number of morpholine rings is 1. The van der Waals surface area contributed by atoms with Gasteiger partial charge in [-0.15, -0.1) is 0 Å². The van der Waals surface area contributed by atoms with Gasteiger partial charge in [-0.25, -0.2) is 4.98 Å². The average Bonchev–Trinajstić information content (AvgIpc) is 2.92. The van der Waals surface area contributed by atoms with Crippen molar-refractivity contribution in [2.24, 2.45) is 5.73 Å². The van der Waals surface area contributed by atoms with Crippen molar-refractivity contribution in [3.8, 4) is 0 Å². The van der Waals surface area contributed by atoms with Crippen molar-refractivity contribution in [1.82, 2.24) is 9.88 Å². The monoisotopic (exact) mass is 532 g/mol. The van der Waals surface area contributed by atoms with E-state index in [4.69, 9.17) is 15.3 Å². The molecule has 3 aromatic rings. The van der Waals surface area contributed by atoms with E-state index >= 15 is 0 Å². The van der Waals surface area contributed by atoms with Crippen molar-refractivity contribution in [1.29, 1.82) is 0 Å². The number of amides is 1. The van der Waals surface area contributed by atoms with Crippen molar-refractivity contribution in [2.45, 2.75) is 64.2 Å². The highest BCUT2D eigenvalue weighted by Crippen LogP contribution is 2.31. The van der Waals surface area contributed by atoms with Crippen LogP contribution in [0.5, 0.6) is 0 Å². The fraction of sp³-hybridized carbons (Fsp3) is 0.448. The molecule has 0 bridgehead atoms. The van der Waals surface area contributed by atoms with Gasteiger partial charge >= 0.3 is 6.18 Å². The van der Waals surface area contributed by atoms with Crippen LogP contribution in [-0.2, 0) is 22.3 Å². The van der Waals surface area contributed by atoms with Crippen LogP contribution in [0.4, 0.5) is 18.9 Å². The molecule has 2 aliphatic rings. The lowest BCUT2D eigenvalue weighted by Crippen LogP contribution is -2.42. The van der Waals surface area contributed by atoms with E-state index in [2.05, 4.69) is 52.9 Å². The van der Waals surface area contributed by atoms with E-state index in [-0.39, 0.29) is 17.6 Å². The summed E-state index contributed by atoms with van der Waals surface area (Å²) in [6.07, 6.45) is 4.79. The molecule has 1 saturated heterocycles. The zero-order valence-corrected chi connectivity index (χ0v) is 22.0. The first-order chi connectivity index (χ1) is 18.3. The molecule has 1 amide bonds. The summed E-state index contributed by atoms with van der Waals surface area (Å²) in [5.74, 6) is 0. The summed E-state index contributed by atoms with van der Waals surface area (Å²) >= 11 is 0. The molecule has 2 fully saturated rings. The van der Waals surface area contributed by atoms with Crippen molar-refractivity contribution in [3.63, 3.8) is 0 Å². The summed E-state index contributed by atoms with van der Waals surface area (Å²) < 4.78 is 42.5. The largest absolute Gasteiger partial charge is 0.433 e. The lowest BCUT2D eigenvalue weighted by atomic mass is 10.0. The normalized spacial score (nSPS) is 17.5. The Kier molecular flexibility index (Phi) is 13.6. The number of nitrogen functional groups attached to an aromatic ring is 1. The molecule has 1 aliphatic heterocycles. The number of hydrogen-bond acceptors (Lipinski definition) is 5. The van der Waals surface area contributed by atoms with Crippen LogP contribution < -0.4 is 11.5 Å². The molecule has 9 heteroatoms. The quantitative estimate of drug-likeness (QED) is 0.384. The minimum absolute atomic E-state index is 0.0907. The number of primary amides is 1. The van der Waals surface area contributed by atoms with E-state index in [0.717, 1.165) is 32.4 Å². The summed E-state index contributed by atoms with van der Waals surface area (Å²) in [4.78, 5) is 14.6. The Labute approximate surface area is 223 Å². The van der Waals surface area contributed by atoms with Gasteiger partial charge in [-0.2, -0.15) is 13.2 Å². The summed E-state index contributed by atoms with van der Waals surface area (Å²) in [6, 6.07) is 18.5. The number of rotatable bonds is 2. The van der Waals surface area contributed by atoms with Crippen molar-refractivity contribution in [2.75, 3.05) is 25.5 Å². The van der Waals surface area contributed by atoms with Gasteiger partial charge in [-0.3, -0.25) is 9.69 Å². The number of anilines is 1. The second-order valence-corrected chi connectivity index (χ2v) is 9.25. The first-order valence-electron chi connectivity index (χ1n) is 13.0. The summed E-state index contributed by atoms with van der Waals surface area (Å²) in [6.45, 7) is 6.06. The number of carbonyl (C=O) groups excluding carboxylic acids is 1. The molecule has 1 atom stereocenters. The Morgan fingerprint density at radius 3 is 2.11 bits per heavy atom. The standard InChI is InChI=1S/C12H17NO.C10H7F3N2.C6H12.CH3NO/c1-11-10-14-8-7-13(11)9-12-5-3-2-4-6-12;11-10(12,13)9-5-7(14)6-3-1-2-4-8(6)15-9;1-2-4-6-5-3-1;2-1-3/h2-6,11H,7-10H2,1H3;1-5H,(H2,14,15);1-6H2;1H,(H2,2,3). The lowest BCUT2D eigenvalue weighted by molar-refractivity contribution is -0.140. The minimum atomic E-state index is -4.46. The van der Waals surface area contributed by atoms with Gasteiger partial charge in [0.05, 0.1) is 18.7 Å². The zero-order chi connectivity index (χ0) is 27.8. The number of nitrogens with zero attached hydrogens (tertiary/aromatic N) is 2. The Hall–Kier alpha value is -3.17. The third kappa shape index (κ3) is 11.1. The number of para-hydroxylation sites is 1. The predicted octanol–water partition coefficient (Wildman–Crippen LogP) is 6.19. The number of ether oxygens (including phenoxy) is 1. The molecule has 0 radical (unpaired) electrons. The summed E-state index contributed by atoms with van der Waals surface area (Å²) in [7, 11) is 0. The summed E-state index contributed by atoms with van der Waals surface area (Å²) in [5.41, 5.74) is 10.5. The first kappa shape index (κ1) is 31.1. The highest BCUT2D eigenvalue weighted by Gasteiger charge is 2.33. The van der Waals surface area contributed by atoms with E-state index in [1.54, 1.807) is 18.2 Å². The van der Waals surface area contributed by atoms with E-state index < -0.39 is 11.9 Å². The number of pyridine rings is 1. The average molecular weight is 533 g/mol. The second kappa shape index (κ2) is 16.6. The van der Waals surface area contributed by atoms with Gasteiger partial charge in [-0.05, 0) is 24.6 Å². The van der Waals surface area contributed by atoms with Crippen LogP contribution in [0.2, 0.25) is 0 Å². The first-order valence-corrected chi connectivity index (χ1v) is 13.0. The molecular weight excluding hydrogens is 493 g/mol. The molecule has 0 spiro atoms. The van der Waals surface area contributed by atoms with E-state index in [0.29, 0.717) is 11.4 Å². The molecule has 2 heterocycles. The highest BCUT2D eigenvalue weighted by atomic mass is 19.4. The highest BCUT2D eigenvalue weighted by molar-refractivity contribution is 5.90. The van der Waals surface area contributed by atoms with Crippen LogP contribution in [0.1, 0.15) is 56.7 Å². The lowest BCUT2D eigenvalue weighted by Gasteiger charge is -2.33. The van der Waals surface area contributed by atoms with Crippen LogP contribution in [0, 0.1) is 0 Å². The molecule has 6 nitrogen and oxygen atoms in total. The van der Waals surface area contributed by atoms with E-state index in [9.17, 15) is 13.2 Å². The number of nitrogens with two attached hydrogens (primary N) is 2. The van der Waals surface area contributed by atoms with Crippen LogP contribution >= 0.6 is 0 Å². The predicted molar refractivity (Wildman–Crippen MR) is 146 cm³/mol. The molecule has 1 saturated carbocycles. The van der Waals surface area contributed by atoms with Gasteiger partial charge in [0.2, 0.25) is 6.41 Å². The van der Waals surface area contributed by atoms with E-state index in [1.165, 1.54) is 50.2 Å². The maximum absolute atomic E-state index is 12.4. The molecule has 38 heavy (non-hydrogen) atoms. The fourth-order valence-corrected chi connectivity index (χ4v) is 4.22. The smallest absolute Gasteiger partial charge is 0.398 e. The molecule has 208 valence electrons. The van der Waals surface area contributed by atoms with E-state index in [1.807, 2.05) is 0 Å². The van der Waals surface area contributed by atoms with Crippen molar-refractivity contribution in [3.05, 3.63) is 71.9 Å². The number of carbonyl (C=O) groups is 1. The molecule has 1 aromatic heterocycles. The second-order valence-electron chi connectivity index (χ2n) is 9.25. The molecular formula is C29H39F3N4O2. The number of aromatic nitrogens is 1. The van der Waals surface area contributed by atoms with Crippen molar-refractivity contribution < 1.29 is 22.7 Å². The molecule has 1 aliphatic carbocycles. The number of fused-ring (bicyclic) bond motifs is 1. The van der Waals surface area contributed by atoms with Gasteiger partial charge in [-0.1, -0.05) is 87.1 Å². The Bertz CT molecular complexity index is 1060. The molecule has 1 unspecified atom stereocenters.